The Hall–Kier alpha value is -1.79. The first kappa shape index (κ1) is 17.0. The molecule has 3 nitrogen and oxygen atoms in total. The summed E-state index contributed by atoms with van der Waals surface area (Å²) in [4.78, 5) is 12.4. The number of halogens is 2. The molecule has 0 saturated carbocycles. The van der Waals surface area contributed by atoms with Crippen molar-refractivity contribution < 1.29 is 9.21 Å². The van der Waals surface area contributed by atoms with Crippen molar-refractivity contribution in [3.05, 3.63) is 74.0 Å². The van der Waals surface area contributed by atoms with Gasteiger partial charge in [0.2, 0.25) is 0 Å². The molecule has 1 heterocycles. The van der Waals surface area contributed by atoms with Gasteiger partial charge in [-0.05, 0) is 84.0 Å². The van der Waals surface area contributed by atoms with Crippen molar-refractivity contribution in [2.75, 3.05) is 5.32 Å². The van der Waals surface area contributed by atoms with E-state index in [0.29, 0.717) is 10.8 Å². The van der Waals surface area contributed by atoms with Crippen molar-refractivity contribution >= 4 is 45.8 Å². The van der Waals surface area contributed by atoms with E-state index in [2.05, 4.69) is 27.9 Å². The first-order valence-electron chi connectivity index (χ1n) is 7.38. The van der Waals surface area contributed by atoms with Crippen molar-refractivity contribution in [3.63, 3.8) is 0 Å². The summed E-state index contributed by atoms with van der Waals surface area (Å²) in [5.74, 6) is 0.597. The normalized spacial score (nSPS) is 10.7. The van der Waals surface area contributed by atoms with Gasteiger partial charge in [-0.1, -0.05) is 23.7 Å². The van der Waals surface area contributed by atoms with E-state index in [1.54, 1.807) is 24.3 Å². The molecule has 0 radical (unpaired) electrons. The lowest BCUT2D eigenvalue weighted by atomic mass is 10.1. The molecule has 3 aromatic rings. The zero-order valence-electron chi connectivity index (χ0n) is 13.2. The molecule has 3 rings (SSSR count). The number of hydrogen-bond donors (Lipinski definition) is 1. The smallest absolute Gasteiger partial charge is 0.291 e. The molecule has 0 atom stereocenters. The van der Waals surface area contributed by atoms with E-state index in [-0.39, 0.29) is 11.7 Å². The first-order valence-corrected chi connectivity index (χ1v) is 8.83. The van der Waals surface area contributed by atoms with Gasteiger partial charge in [-0.3, -0.25) is 4.79 Å². The first-order chi connectivity index (χ1) is 11.4. The highest BCUT2D eigenvalue weighted by molar-refractivity contribution is 14.1. The van der Waals surface area contributed by atoms with E-state index in [0.717, 1.165) is 22.4 Å². The van der Waals surface area contributed by atoms with Crippen LogP contribution in [0.5, 0.6) is 0 Å². The van der Waals surface area contributed by atoms with Crippen LogP contribution in [0.1, 0.15) is 21.7 Å². The highest BCUT2D eigenvalue weighted by Crippen LogP contribution is 2.26. The van der Waals surface area contributed by atoms with E-state index in [9.17, 15) is 4.79 Å². The molecule has 0 saturated heterocycles. The summed E-state index contributed by atoms with van der Waals surface area (Å²) >= 11 is 8.29. The average Bonchev–Trinajstić information content (AvgIpc) is 3.02. The number of aryl methyl sites for hydroxylation is 2. The topological polar surface area (TPSA) is 42.2 Å². The lowest BCUT2D eigenvalue weighted by Gasteiger charge is -2.08. The average molecular weight is 452 g/mol. The predicted molar refractivity (Wildman–Crippen MR) is 106 cm³/mol. The van der Waals surface area contributed by atoms with Crippen LogP contribution in [0.25, 0.3) is 11.3 Å². The van der Waals surface area contributed by atoms with Crippen LogP contribution in [0.3, 0.4) is 0 Å². The van der Waals surface area contributed by atoms with Crippen molar-refractivity contribution in [1.29, 1.82) is 0 Å². The second-order valence-corrected chi connectivity index (χ2v) is 7.07. The number of amides is 1. The monoisotopic (exact) mass is 451 g/mol. The highest BCUT2D eigenvalue weighted by atomic mass is 127. The maximum absolute atomic E-state index is 12.4. The Labute approximate surface area is 159 Å². The summed E-state index contributed by atoms with van der Waals surface area (Å²) in [6.07, 6.45) is 0. The molecule has 0 spiro atoms. The van der Waals surface area contributed by atoms with Gasteiger partial charge in [-0.15, -0.1) is 0 Å². The zero-order valence-corrected chi connectivity index (χ0v) is 16.1. The minimum Gasteiger partial charge on any atom is -0.451 e. The van der Waals surface area contributed by atoms with Gasteiger partial charge in [-0.25, -0.2) is 0 Å². The third-order valence-electron chi connectivity index (χ3n) is 3.63. The van der Waals surface area contributed by atoms with Gasteiger partial charge in [0.1, 0.15) is 5.76 Å². The fourth-order valence-corrected chi connectivity index (χ4v) is 2.97. The van der Waals surface area contributed by atoms with Crippen molar-refractivity contribution in [1.82, 2.24) is 0 Å². The van der Waals surface area contributed by atoms with Crippen molar-refractivity contribution in [2.24, 2.45) is 0 Å². The van der Waals surface area contributed by atoms with Crippen LogP contribution in [0.2, 0.25) is 5.02 Å². The quantitative estimate of drug-likeness (QED) is 0.491. The van der Waals surface area contributed by atoms with Crippen LogP contribution >= 0.6 is 34.2 Å². The third kappa shape index (κ3) is 3.65. The number of hydrogen-bond acceptors (Lipinski definition) is 2. The Morgan fingerprint density at radius 2 is 1.79 bits per heavy atom. The summed E-state index contributed by atoms with van der Waals surface area (Å²) in [6, 6.07) is 14.7. The fourth-order valence-electron chi connectivity index (χ4n) is 2.47. The van der Waals surface area contributed by atoms with E-state index < -0.39 is 0 Å². The van der Waals surface area contributed by atoms with Crippen LogP contribution in [0, 0.1) is 17.4 Å². The number of carbonyl (C=O) groups excluding carboxylic acids is 1. The minimum atomic E-state index is -0.275. The Kier molecular flexibility index (Phi) is 4.96. The predicted octanol–water partition coefficient (Wildman–Crippen LogP) is 6.07. The van der Waals surface area contributed by atoms with E-state index in [1.165, 1.54) is 3.57 Å². The molecular weight excluding hydrogens is 437 g/mol. The van der Waals surface area contributed by atoms with Crippen molar-refractivity contribution in [2.45, 2.75) is 13.8 Å². The molecule has 0 aliphatic rings. The van der Waals surface area contributed by atoms with Crippen LogP contribution in [-0.2, 0) is 0 Å². The Morgan fingerprint density at radius 1 is 1.08 bits per heavy atom. The maximum atomic E-state index is 12.4. The fraction of sp³-hybridized carbons (Fsp3) is 0.105. The molecule has 5 heteroatoms. The lowest BCUT2D eigenvalue weighted by Crippen LogP contribution is -2.11. The number of benzene rings is 2. The van der Waals surface area contributed by atoms with Gasteiger partial charge < -0.3 is 9.73 Å². The van der Waals surface area contributed by atoms with Gasteiger partial charge in [0, 0.05) is 19.8 Å². The molecular formula is C19H15ClINO2. The number of rotatable bonds is 3. The van der Waals surface area contributed by atoms with Crippen LogP contribution in [-0.4, -0.2) is 5.91 Å². The molecule has 1 aromatic heterocycles. The van der Waals surface area contributed by atoms with E-state index in [1.807, 2.05) is 38.1 Å². The van der Waals surface area contributed by atoms with Crippen molar-refractivity contribution in [3.8, 4) is 11.3 Å². The van der Waals surface area contributed by atoms with Gasteiger partial charge in [0.25, 0.3) is 5.91 Å². The van der Waals surface area contributed by atoms with Crippen LogP contribution in [0.4, 0.5) is 5.69 Å². The van der Waals surface area contributed by atoms with Gasteiger partial charge >= 0.3 is 0 Å². The lowest BCUT2D eigenvalue weighted by molar-refractivity contribution is 0.0997. The number of nitrogens with one attached hydrogen (secondary N) is 1. The summed E-state index contributed by atoms with van der Waals surface area (Å²) < 4.78 is 6.87. The zero-order chi connectivity index (χ0) is 17.3. The standard InChI is InChI=1S/C19H15ClINO2/c1-11-8-15(9-12(2)18(11)21)22-19(23)17-7-6-16(24-17)13-4-3-5-14(20)10-13/h3-10H,1-2H3,(H,22,23). The van der Waals surface area contributed by atoms with Gasteiger partial charge in [0.15, 0.2) is 5.76 Å². The molecule has 0 aliphatic carbocycles. The summed E-state index contributed by atoms with van der Waals surface area (Å²) in [7, 11) is 0. The minimum absolute atomic E-state index is 0.263. The molecule has 0 bridgehead atoms. The molecule has 1 N–H and O–H groups in total. The maximum Gasteiger partial charge on any atom is 0.291 e. The second kappa shape index (κ2) is 6.99. The Morgan fingerprint density at radius 3 is 2.46 bits per heavy atom. The highest BCUT2D eigenvalue weighted by Gasteiger charge is 2.13. The number of furan rings is 1. The molecule has 122 valence electrons. The van der Waals surface area contributed by atoms with Crippen LogP contribution < -0.4 is 5.32 Å². The van der Waals surface area contributed by atoms with E-state index in [4.69, 9.17) is 16.0 Å². The molecule has 2 aromatic carbocycles. The molecule has 1 amide bonds. The SMILES string of the molecule is Cc1cc(NC(=O)c2ccc(-c3cccc(Cl)c3)o2)cc(C)c1I. The molecule has 24 heavy (non-hydrogen) atoms. The molecule has 0 fully saturated rings. The van der Waals surface area contributed by atoms with Gasteiger partial charge in [-0.2, -0.15) is 0 Å². The molecule has 0 aliphatic heterocycles. The largest absolute Gasteiger partial charge is 0.451 e. The number of carbonyl (C=O) groups is 1. The summed E-state index contributed by atoms with van der Waals surface area (Å²) in [5.41, 5.74) is 3.86. The Bertz CT molecular complexity index is 894. The summed E-state index contributed by atoms with van der Waals surface area (Å²) in [6.45, 7) is 4.04. The van der Waals surface area contributed by atoms with E-state index >= 15 is 0 Å². The Balaban J connectivity index is 1.82. The molecule has 0 unspecified atom stereocenters. The third-order valence-corrected chi connectivity index (χ3v) is 5.57. The summed E-state index contributed by atoms with van der Waals surface area (Å²) in [5, 5.41) is 3.51. The van der Waals surface area contributed by atoms with Crippen LogP contribution in [0.15, 0.2) is 52.9 Å². The van der Waals surface area contributed by atoms with Gasteiger partial charge in [0.05, 0.1) is 0 Å². The number of anilines is 1. The second-order valence-electron chi connectivity index (χ2n) is 5.55.